The SMILES string of the molecule is NC(=O)CNCc1nc(Cc2ccc(F)cc2Cl)no1. The van der Waals surface area contributed by atoms with Crippen LogP contribution in [0, 0.1) is 5.82 Å². The van der Waals surface area contributed by atoms with Crippen molar-refractivity contribution in [3.63, 3.8) is 0 Å². The van der Waals surface area contributed by atoms with Gasteiger partial charge in [-0.1, -0.05) is 22.8 Å². The van der Waals surface area contributed by atoms with Gasteiger partial charge in [0.05, 0.1) is 13.1 Å². The molecule has 0 radical (unpaired) electrons. The molecular weight excluding hydrogens is 287 g/mol. The first-order chi connectivity index (χ1) is 9.54. The van der Waals surface area contributed by atoms with E-state index in [1.165, 1.54) is 12.1 Å². The quantitative estimate of drug-likeness (QED) is 0.830. The number of nitrogens with two attached hydrogens (primary N) is 1. The largest absolute Gasteiger partial charge is 0.369 e. The van der Waals surface area contributed by atoms with Crippen molar-refractivity contribution in [3.8, 4) is 0 Å². The van der Waals surface area contributed by atoms with Crippen molar-refractivity contribution in [3.05, 3.63) is 46.3 Å². The number of carbonyl (C=O) groups is 1. The van der Waals surface area contributed by atoms with Gasteiger partial charge in [0.1, 0.15) is 5.82 Å². The van der Waals surface area contributed by atoms with E-state index in [1.807, 2.05) is 0 Å². The van der Waals surface area contributed by atoms with E-state index < -0.39 is 11.7 Å². The molecule has 1 aromatic heterocycles. The molecule has 6 nitrogen and oxygen atoms in total. The number of nitrogens with one attached hydrogen (secondary N) is 1. The molecule has 8 heteroatoms. The van der Waals surface area contributed by atoms with Gasteiger partial charge in [-0.2, -0.15) is 4.98 Å². The van der Waals surface area contributed by atoms with Crippen LogP contribution < -0.4 is 11.1 Å². The molecule has 2 rings (SSSR count). The number of rotatable bonds is 6. The van der Waals surface area contributed by atoms with Gasteiger partial charge in [-0.25, -0.2) is 4.39 Å². The molecule has 0 fully saturated rings. The first-order valence-electron chi connectivity index (χ1n) is 5.79. The van der Waals surface area contributed by atoms with Crippen LogP contribution in [-0.4, -0.2) is 22.6 Å². The van der Waals surface area contributed by atoms with Crippen molar-refractivity contribution in [1.82, 2.24) is 15.5 Å². The lowest BCUT2D eigenvalue weighted by Crippen LogP contribution is -2.28. The molecule has 1 heterocycles. The van der Waals surface area contributed by atoms with E-state index in [0.717, 1.165) is 0 Å². The monoisotopic (exact) mass is 298 g/mol. The highest BCUT2D eigenvalue weighted by molar-refractivity contribution is 6.31. The number of nitrogens with zero attached hydrogens (tertiary/aromatic N) is 2. The standard InChI is InChI=1S/C12H12ClFN4O2/c13-9-4-8(14)2-1-7(9)3-11-17-12(20-18-11)6-16-5-10(15)19/h1-2,4,16H,3,5-6H2,(H2,15,19). The first-order valence-corrected chi connectivity index (χ1v) is 6.17. The number of aromatic nitrogens is 2. The van der Waals surface area contributed by atoms with Crippen molar-refractivity contribution in [2.75, 3.05) is 6.54 Å². The minimum atomic E-state index is -0.470. The number of hydrogen-bond donors (Lipinski definition) is 2. The number of carbonyl (C=O) groups excluding carboxylic acids is 1. The van der Waals surface area contributed by atoms with Crippen LogP contribution in [-0.2, 0) is 17.8 Å². The second-order valence-electron chi connectivity index (χ2n) is 4.09. The predicted molar refractivity (Wildman–Crippen MR) is 69.4 cm³/mol. The summed E-state index contributed by atoms with van der Waals surface area (Å²) in [4.78, 5) is 14.7. The van der Waals surface area contributed by atoms with Gasteiger partial charge in [0, 0.05) is 11.4 Å². The summed E-state index contributed by atoms with van der Waals surface area (Å²) < 4.78 is 17.9. The van der Waals surface area contributed by atoms with E-state index in [2.05, 4.69) is 15.5 Å². The Morgan fingerprint density at radius 2 is 2.30 bits per heavy atom. The summed E-state index contributed by atoms with van der Waals surface area (Å²) in [5.41, 5.74) is 5.68. The highest BCUT2D eigenvalue weighted by Crippen LogP contribution is 2.19. The van der Waals surface area contributed by atoms with Crippen molar-refractivity contribution in [2.45, 2.75) is 13.0 Å². The fourth-order valence-corrected chi connectivity index (χ4v) is 1.80. The molecular formula is C12H12ClFN4O2. The van der Waals surface area contributed by atoms with Gasteiger partial charge in [-0.05, 0) is 17.7 Å². The van der Waals surface area contributed by atoms with Gasteiger partial charge < -0.3 is 10.3 Å². The molecule has 0 spiro atoms. The summed E-state index contributed by atoms with van der Waals surface area (Å²) in [6.45, 7) is 0.272. The van der Waals surface area contributed by atoms with Gasteiger partial charge >= 0.3 is 0 Å². The summed E-state index contributed by atoms with van der Waals surface area (Å²) >= 11 is 5.91. The van der Waals surface area contributed by atoms with E-state index in [-0.39, 0.29) is 13.1 Å². The van der Waals surface area contributed by atoms with E-state index in [0.29, 0.717) is 28.7 Å². The Labute approximate surface area is 119 Å². The van der Waals surface area contributed by atoms with Gasteiger partial charge in [-0.15, -0.1) is 0 Å². The third kappa shape index (κ3) is 4.01. The Morgan fingerprint density at radius 3 is 3.00 bits per heavy atom. The minimum absolute atomic E-state index is 0.0293. The zero-order valence-corrected chi connectivity index (χ0v) is 11.2. The van der Waals surface area contributed by atoms with Gasteiger partial charge in [-0.3, -0.25) is 10.1 Å². The maximum atomic E-state index is 12.9. The van der Waals surface area contributed by atoms with Crippen molar-refractivity contribution >= 4 is 17.5 Å². The van der Waals surface area contributed by atoms with Gasteiger partial charge in [0.25, 0.3) is 0 Å². The molecule has 1 aromatic carbocycles. The Morgan fingerprint density at radius 1 is 1.50 bits per heavy atom. The molecule has 0 saturated carbocycles. The van der Waals surface area contributed by atoms with Crippen LogP contribution >= 0.6 is 11.6 Å². The maximum Gasteiger partial charge on any atom is 0.240 e. The smallest absolute Gasteiger partial charge is 0.240 e. The molecule has 0 atom stereocenters. The zero-order chi connectivity index (χ0) is 14.5. The normalized spacial score (nSPS) is 10.7. The Hall–Kier alpha value is -1.99. The van der Waals surface area contributed by atoms with Crippen LogP contribution in [0.5, 0.6) is 0 Å². The Kier molecular flexibility index (Phi) is 4.65. The predicted octanol–water partition coefficient (Wildman–Crippen LogP) is 1.03. The average Bonchev–Trinajstić information content (AvgIpc) is 2.80. The van der Waals surface area contributed by atoms with E-state index in [9.17, 15) is 9.18 Å². The van der Waals surface area contributed by atoms with Crippen molar-refractivity contribution in [1.29, 1.82) is 0 Å². The maximum absolute atomic E-state index is 12.9. The lowest BCUT2D eigenvalue weighted by atomic mass is 10.1. The lowest BCUT2D eigenvalue weighted by Gasteiger charge is -2.00. The number of amides is 1. The summed E-state index contributed by atoms with van der Waals surface area (Å²) in [5.74, 6) is -0.111. The highest BCUT2D eigenvalue weighted by atomic mass is 35.5. The lowest BCUT2D eigenvalue weighted by molar-refractivity contribution is -0.117. The summed E-state index contributed by atoms with van der Waals surface area (Å²) in [6, 6.07) is 4.11. The van der Waals surface area contributed by atoms with Crippen molar-refractivity contribution < 1.29 is 13.7 Å². The highest BCUT2D eigenvalue weighted by Gasteiger charge is 2.10. The summed E-state index contributed by atoms with van der Waals surface area (Å²) in [7, 11) is 0. The second-order valence-corrected chi connectivity index (χ2v) is 4.49. The number of benzene rings is 1. The molecule has 1 amide bonds. The first kappa shape index (κ1) is 14.4. The molecule has 20 heavy (non-hydrogen) atoms. The molecule has 2 aromatic rings. The molecule has 0 aliphatic heterocycles. The number of hydrogen-bond acceptors (Lipinski definition) is 5. The van der Waals surface area contributed by atoms with Crippen LogP contribution in [0.3, 0.4) is 0 Å². The van der Waals surface area contributed by atoms with Crippen LogP contribution in [0.1, 0.15) is 17.3 Å². The van der Waals surface area contributed by atoms with Crippen molar-refractivity contribution in [2.24, 2.45) is 5.73 Å². The third-order valence-electron chi connectivity index (χ3n) is 2.45. The molecule has 106 valence electrons. The van der Waals surface area contributed by atoms with Crippen LogP contribution in [0.4, 0.5) is 4.39 Å². The van der Waals surface area contributed by atoms with Gasteiger partial charge in [0.15, 0.2) is 5.82 Å². The zero-order valence-electron chi connectivity index (χ0n) is 10.4. The number of halogens is 2. The fraction of sp³-hybridized carbons (Fsp3) is 0.250. The summed E-state index contributed by atoms with van der Waals surface area (Å²) in [5, 5.41) is 6.84. The number of primary amides is 1. The Balaban J connectivity index is 1.97. The minimum Gasteiger partial charge on any atom is -0.369 e. The molecule has 0 bridgehead atoms. The van der Waals surface area contributed by atoms with Crippen LogP contribution in [0.15, 0.2) is 22.7 Å². The second kappa shape index (κ2) is 6.44. The molecule has 0 aliphatic carbocycles. The van der Waals surface area contributed by atoms with E-state index in [1.54, 1.807) is 6.07 Å². The summed E-state index contributed by atoms with van der Waals surface area (Å²) in [6.07, 6.45) is 0.332. The Bertz CT molecular complexity index is 617. The molecule has 0 aliphatic rings. The van der Waals surface area contributed by atoms with E-state index in [4.69, 9.17) is 21.9 Å². The topological polar surface area (TPSA) is 94.0 Å². The van der Waals surface area contributed by atoms with Crippen LogP contribution in [0.25, 0.3) is 0 Å². The third-order valence-corrected chi connectivity index (χ3v) is 2.80. The van der Waals surface area contributed by atoms with Gasteiger partial charge in [0.2, 0.25) is 11.8 Å². The average molecular weight is 299 g/mol. The molecule has 3 N–H and O–H groups in total. The van der Waals surface area contributed by atoms with E-state index >= 15 is 0 Å². The van der Waals surface area contributed by atoms with Crippen LogP contribution in [0.2, 0.25) is 5.02 Å². The molecule has 0 unspecified atom stereocenters. The fourth-order valence-electron chi connectivity index (χ4n) is 1.56. The molecule has 0 saturated heterocycles.